The first-order valence-corrected chi connectivity index (χ1v) is 13.4. The molecule has 1 atom stereocenters. The third-order valence-corrected chi connectivity index (χ3v) is 7.45. The predicted molar refractivity (Wildman–Crippen MR) is 149 cm³/mol. The topological polar surface area (TPSA) is 53.1 Å². The van der Waals surface area contributed by atoms with Crippen LogP contribution < -0.4 is 9.64 Å². The van der Waals surface area contributed by atoms with Crippen LogP contribution in [0.4, 0.5) is 10.5 Å². The first-order chi connectivity index (χ1) is 17.2. The van der Waals surface area contributed by atoms with Crippen molar-refractivity contribution in [1.29, 1.82) is 0 Å². The standard InChI is InChI=1S/C26H26Cl3N3O3S/c1-3-16-35-21-7-5-4-6-19(21)17-22-23(33)32(25(34)36-22)24(26(27,28)29)31-14-12-30(13-15-31)20-10-8-18(2)9-11-20/h3-11,17,24H,1,12-16H2,2H3/b22-17+. The number of carbonyl (C=O) groups is 2. The van der Waals surface area contributed by atoms with Gasteiger partial charge in [-0.25, -0.2) is 4.90 Å². The normalized spacial score (nSPS) is 19.2. The Morgan fingerprint density at radius 3 is 2.36 bits per heavy atom. The molecule has 1 unspecified atom stereocenters. The second-order valence-electron chi connectivity index (χ2n) is 8.46. The lowest BCUT2D eigenvalue weighted by atomic mass is 10.1. The van der Waals surface area contributed by atoms with E-state index in [-0.39, 0.29) is 4.91 Å². The van der Waals surface area contributed by atoms with Gasteiger partial charge in [0.1, 0.15) is 18.5 Å². The fourth-order valence-electron chi connectivity index (χ4n) is 4.21. The van der Waals surface area contributed by atoms with Gasteiger partial charge in [0.2, 0.25) is 3.79 Å². The summed E-state index contributed by atoms with van der Waals surface area (Å²) in [6.07, 6.45) is 2.23. The van der Waals surface area contributed by atoms with Gasteiger partial charge in [0.15, 0.2) is 0 Å². The summed E-state index contributed by atoms with van der Waals surface area (Å²) >= 11 is 20.0. The van der Waals surface area contributed by atoms with Crippen LogP contribution in [0.3, 0.4) is 0 Å². The number of rotatable bonds is 7. The van der Waals surface area contributed by atoms with E-state index in [0.29, 0.717) is 44.1 Å². The number of thioether (sulfide) groups is 1. The van der Waals surface area contributed by atoms with Crippen molar-refractivity contribution in [2.24, 2.45) is 0 Å². The van der Waals surface area contributed by atoms with Gasteiger partial charge in [0.25, 0.3) is 11.1 Å². The van der Waals surface area contributed by atoms with Crippen LogP contribution in [-0.4, -0.2) is 63.7 Å². The zero-order valence-corrected chi connectivity index (χ0v) is 22.8. The molecular weight excluding hydrogens is 541 g/mol. The number of halogens is 3. The highest BCUT2D eigenvalue weighted by Crippen LogP contribution is 2.43. The minimum absolute atomic E-state index is 0.243. The van der Waals surface area contributed by atoms with E-state index < -0.39 is 21.1 Å². The summed E-state index contributed by atoms with van der Waals surface area (Å²) in [6.45, 7) is 8.39. The number of imide groups is 1. The van der Waals surface area contributed by atoms with E-state index in [4.69, 9.17) is 39.5 Å². The van der Waals surface area contributed by atoms with Crippen molar-refractivity contribution >= 4 is 69.5 Å². The average Bonchev–Trinajstić information content (AvgIpc) is 3.11. The van der Waals surface area contributed by atoms with Crippen LogP contribution in [0.15, 0.2) is 66.1 Å². The lowest BCUT2D eigenvalue weighted by Gasteiger charge is -2.44. The monoisotopic (exact) mass is 565 g/mol. The Morgan fingerprint density at radius 1 is 1.06 bits per heavy atom. The molecule has 2 aliphatic rings. The zero-order chi connectivity index (χ0) is 25.9. The van der Waals surface area contributed by atoms with E-state index in [1.807, 2.05) is 30.0 Å². The van der Waals surface area contributed by atoms with Crippen molar-refractivity contribution in [2.45, 2.75) is 16.9 Å². The SMILES string of the molecule is C=CCOc1ccccc1/C=C1/SC(=O)N(C(N2CCN(c3ccc(C)cc3)CC2)C(Cl)(Cl)Cl)C1=O. The molecule has 2 heterocycles. The maximum absolute atomic E-state index is 13.4. The maximum Gasteiger partial charge on any atom is 0.295 e. The summed E-state index contributed by atoms with van der Waals surface area (Å²) in [5.41, 5.74) is 2.97. The van der Waals surface area contributed by atoms with Crippen LogP contribution in [0.2, 0.25) is 0 Å². The third-order valence-electron chi connectivity index (χ3n) is 5.98. The summed E-state index contributed by atoms with van der Waals surface area (Å²) in [6, 6.07) is 15.5. The largest absolute Gasteiger partial charge is 0.489 e. The van der Waals surface area contributed by atoms with Gasteiger partial charge in [-0.2, -0.15) is 0 Å². The number of piperazine rings is 1. The van der Waals surface area contributed by atoms with Crippen molar-refractivity contribution < 1.29 is 14.3 Å². The Hall–Kier alpha value is -2.16. The summed E-state index contributed by atoms with van der Waals surface area (Å²) in [4.78, 5) is 31.9. The van der Waals surface area contributed by atoms with Gasteiger partial charge < -0.3 is 9.64 Å². The van der Waals surface area contributed by atoms with Gasteiger partial charge in [-0.15, -0.1) is 0 Å². The summed E-state index contributed by atoms with van der Waals surface area (Å²) < 4.78 is 3.79. The molecule has 36 heavy (non-hydrogen) atoms. The molecule has 2 amide bonds. The van der Waals surface area contributed by atoms with Crippen molar-refractivity contribution in [3.63, 3.8) is 0 Å². The Balaban J connectivity index is 1.54. The lowest BCUT2D eigenvalue weighted by Crippen LogP contribution is -2.61. The van der Waals surface area contributed by atoms with E-state index in [0.717, 1.165) is 22.3 Å². The van der Waals surface area contributed by atoms with Gasteiger partial charge in [-0.3, -0.25) is 14.5 Å². The molecule has 2 aromatic rings. The molecule has 2 aromatic carbocycles. The molecule has 10 heteroatoms. The number of carbonyl (C=O) groups excluding carboxylic acids is 2. The van der Waals surface area contributed by atoms with Crippen molar-refractivity contribution in [3.05, 3.63) is 77.2 Å². The van der Waals surface area contributed by atoms with Crippen LogP contribution in [-0.2, 0) is 4.79 Å². The molecule has 0 aliphatic carbocycles. The fraction of sp³-hybridized carbons (Fsp3) is 0.308. The molecule has 0 N–H and O–H groups in total. The van der Waals surface area contributed by atoms with Crippen LogP contribution in [0, 0.1) is 6.92 Å². The highest BCUT2D eigenvalue weighted by molar-refractivity contribution is 8.18. The number of ether oxygens (including phenoxy) is 1. The average molecular weight is 567 g/mol. The molecule has 190 valence electrons. The number of anilines is 1. The van der Waals surface area contributed by atoms with Crippen LogP contribution in [0.25, 0.3) is 6.08 Å². The van der Waals surface area contributed by atoms with Crippen molar-refractivity contribution in [1.82, 2.24) is 9.80 Å². The summed E-state index contributed by atoms with van der Waals surface area (Å²) in [5.74, 6) is 0.0789. The second-order valence-corrected chi connectivity index (χ2v) is 11.8. The summed E-state index contributed by atoms with van der Waals surface area (Å²) in [5, 5.41) is -0.479. The molecule has 0 bridgehead atoms. The van der Waals surface area contributed by atoms with Gasteiger partial charge in [0, 0.05) is 37.4 Å². The molecular formula is C26H26Cl3N3O3S. The lowest BCUT2D eigenvalue weighted by molar-refractivity contribution is -0.127. The molecule has 4 rings (SSSR count). The third kappa shape index (κ3) is 6.03. The number of hydrogen-bond donors (Lipinski definition) is 0. The number of benzene rings is 2. The number of nitrogens with zero attached hydrogens (tertiary/aromatic N) is 3. The molecule has 0 radical (unpaired) electrons. The maximum atomic E-state index is 13.4. The van der Waals surface area contributed by atoms with Gasteiger partial charge >= 0.3 is 0 Å². The molecule has 0 saturated carbocycles. The Morgan fingerprint density at radius 2 is 1.72 bits per heavy atom. The quantitative estimate of drug-likeness (QED) is 0.229. The minimum atomic E-state index is -1.89. The van der Waals surface area contributed by atoms with E-state index in [2.05, 4.69) is 35.7 Å². The second kappa shape index (κ2) is 11.5. The molecule has 2 aliphatic heterocycles. The number of hydrogen-bond acceptors (Lipinski definition) is 6. The molecule has 2 saturated heterocycles. The van der Waals surface area contributed by atoms with Crippen LogP contribution in [0.5, 0.6) is 5.75 Å². The van der Waals surface area contributed by atoms with E-state index >= 15 is 0 Å². The predicted octanol–water partition coefficient (Wildman–Crippen LogP) is 6.11. The number of alkyl halides is 3. The first kappa shape index (κ1) is 26.9. The van der Waals surface area contributed by atoms with E-state index in [1.165, 1.54) is 5.56 Å². The van der Waals surface area contributed by atoms with E-state index in [9.17, 15) is 9.59 Å². The molecule has 0 spiro atoms. The Labute approximate surface area is 230 Å². The van der Waals surface area contributed by atoms with Gasteiger partial charge in [-0.1, -0.05) is 83.4 Å². The minimum Gasteiger partial charge on any atom is -0.489 e. The molecule has 2 fully saturated rings. The van der Waals surface area contributed by atoms with Crippen molar-refractivity contribution in [2.75, 3.05) is 37.7 Å². The first-order valence-electron chi connectivity index (χ1n) is 11.4. The smallest absolute Gasteiger partial charge is 0.295 e. The highest BCUT2D eigenvalue weighted by atomic mass is 35.6. The zero-order valence-electron chi connectivity index (χ0n) is 19.7. The number of para-hydroxylation sites is 1. The highest BCUT2D eigenvalue weighted by Gasteiger charge is 2.51. The number of aryl methyl sites for hydroxylation is 1. The van der Waals surface area contributed by atoms with Crippen LogP contribution in [0.1, 0.15) is 11.1 Å². The Kier molecular flexibility index (Phi) is 8.58. The van der Waals surface area contributed by atoms with Gasteiger partial charge in [0.05, 0.1) is 4.91 Å². The van der Waals surface area contributed by atoms with Gasteiger partial charge in [-0.05, 0) is 43.0 Å². The van der Waals surface area contributed by atoms with Crippen LogP contribution >= 0.6 is 46.6 Å². The van der Waals surface area contributed by atoms with E-state index in [1.54, 1.807) is 18.2 Å². The molecule has 0 aromatic heterocycles. The van der Waals surface area contributed by atoms with Crippen molar-refractivity contribution in [3.8, 4) is 5.75 Å². The fourth-order valence-corrected chi connectivity index (χ4v) is 5.76. The number of amides is 2. The Bertz CT molecular complexity index is 1160. The molecule has 6 nitrogen and oxygen atoms in total. The summed E-state index contributed by atoms with van der Waals surface area (Å²) in [7, 11) is 0.